The van der Waals surface area contributed by atoms with E-state index in [1.165, 1.54) is 12.4 Å². The monoisotopic (exact) mass is 375 g/mol. The third-order valence-electron chi connectivity index (χ3n) is 4.48. The first-order valence-electron chi connectivity index (χ1n) is 8.61. The number of fused-ring (bicyclic) bond motifs is 1. The number of rotatable bonds is 2. The summed E-state index contributed by atoms with van der Waals surface area (Å²) in [5.74, 6) is -0.126. The third kappa shape index (κ3) is 3.62. The van der Waals surface area contributed by atoms with Crippen molar-refractivity contribution in [3.8, 4) is 0 Å². The van der Waals surface area contributed by atoms with Gasteiger partial charge in [-0.2, -0.15) is 0 Å². The summed E-state index contributed by atoms with van der Waals surface area (Å²) in [6.07, 6.45) is 2.73. The molecule has 9 heteroatoms. The topological polar surface area (TPSA) is 112 Å². The summed E-state index contributed by atoms with van der Waals surface area (Å²) in [5, 5.41) is 11.3. The molecule has 1 aromatic heterocycles. The highest BCUT2D eigenvalue weighted by Gasteiger charge is 2.50. The van der Waals surface area contributed by atoms with E-state index < -0.39 is 34.9 Å². The van der Waals surface area contributed by atoms with Gasteiger partial charge in [-0.05, 0) is 44.7 Å². The summed E-state index contributed by atoms with van der Waals surface area (Å²) in [7, 11) is 0. The maximum Gasteiger partial charge on any atom is 0.420 e. The van der Waals surface area contributed by atoms with Crippen molar-refractivity contribution >= 4 is 23.4 Å². The van der Waals surface area contributed by atoms with Crippen molar-refractivity contribution in [1.82, 2.24) is 9.88 Å². The van der Waals surface area contributed by atoms with Gasteiger partial charge in [-0.1, -0.05) is 13.0 Å². The van der Waals surface area contributed by atoms with Gasteiger partial charge in [-0.15, -0.1) is 0 Å². The van der Waals surface area contributed by atoms with Crippen molar-refractivity contribution in [2.24, 2.45) is 5.92 Å². The molecule has 3 rings (SSSR count). The lowest BCUT2D eigenvalue weighted by molar-refractivity contribution is -0.385. The minimum atomic E-state index is -0.797. The first kappa shape index (κ1) is 18.8. The number of hydrogen-bond acceptors (Lipinski definition) is 7. The Morgan fingerprint density at radius 1 is 1.44 bits per heavy atom. The molecule has 0 radical (unpaired) electrons. The lowest BCUT2D eigenvalue weighted by atomic mass is 9.82. The number of ether oxygens (including phenoxy) is 2. The maximum absolute atomic E-state index is 12.5. The van der Waals surface area contributed by atoms with Gasteiger partial charge in [-0.25, -0.2) is 14.5 Å². The molecule has 0 saturated carbocycles. The first-order valence-corrected chi connectivity index (χ1v) is 8.61. The Morgan fingerprint density at radius 3 is 2.78 bits per heavy atom. The molecule has 1 aliphatic heterocycles. The van der Waals surface area contributed by atoms with E-state index in [4.69, 9.17) is 9.47 Å². The molecular weight excluding hydrogens is 354 g/mol. The number of carbonyl (C=O) groups excluding carboxylic acids is 2. The second-order valence-corrected chi connectivity index (χ2v) is 7.71. The molecule has 1 aliphatic carbocycles. The van der Waals surface area contributed by atoms with Gasteiger partial charge >= 0.3 is 12.2 Å². The Morgan fingerprint density at radius 2 is 2.15 bits per heavy atom. The molecule has 1 aromatic rings. The molecule has 2 amide bonds. The first-order chi connectivity index (χ1) is 12.6. The quantitative estimate of drug-likeness (QED) is 0.574. The van der Waals surface area contributed by atoms with Crippen molar-refractivity contribution in [2.45, 2.75) is 51.9 Å². The number of allylic oxidation sites excluding steroid dienone is 1. The summed E-state index contributed by atoms with van der Waals surface area (Å²) in [4.78, 5) is 40.4. The van der Waals surface area contributed by atoms with Gasteiger partial charge in [0.15, 0.2) is 0 Å². The summed E-state index contributed by atoms with van der Waals surface area (Å²) in [5.41, 5.74) is 0.198. The largest absolute Gasteiger partial charge is 0.443 e. The molecule has 1 fully saturated rings. The van der Waals surface area contributed by atoms with E-state index in [1.54, 1.807) is 32.9 Å². The van der Waals surface area contributed by atoms with Crippen LogP contribution in [0.5, 0.6) is 0 Å². The molecule has 0 spiro atoms. The van der Waals surface area contributed by atoms with E-state index in [9.17, 15) is 19.7 Å². The number of nitro groups is 1. The molecule has 0 unspecified atom stereocenters. The fraction of sp³-hybridized carbons (Fsp3) is 0.500. The summed E-state index contributed by atoms with van der Waals surface area (Å²) in [6, 6.07) is 0.880. The van der Waals surface area contributed by atoms with Crippen LogP contribution in [0.2, 0.25) is 0 Å². The molecule has 9 nitrogen and oxygen atoms in total. The fourth-order valence-electron chi connectivity index (χ4n) is 3.38. The average Bonchev–Trinajstić information content (AvgIpc) is 2.90. The molecule has 2 aliphatic rings. The number of amides is 2. The van der Waals surface area contributed by atoms with E-state index in [0.717, 1.165) is 4.90 Å². The van der Waals surface area contributed by atoms with E-state index >= 15 is 0 Å². The van der Waals surface area contributed by atoms with Crippen LogP contribution in [0.3, 0.4) is 0 Å². The zero-order chi connectivity index (χ0) is 19.9. The predicted octanol–water partition coefficient (Wildman–Crippen LogP) is 3.54. The minimum absolute atomic E-state index is 0.122. The number of pyridine rings is 1. The van der Waals surface area contributed by atoms with E-state index in [2.05, 4.69) is 4.98 Å². The van der Waals surface area contributed by atoms with Crippen LogP contribution in [0.25, 0.3) is 5.57 Å². The molecule has 144 valence electrons. The summed E-state index contributed by atoms with van der Waals surface area (Å²) in [6.45, 7) is 6.99. The Bertz CT molecular complexity index is 829. The summed E-state index contributed by atoms with van der Waals surface area (Å²) < 4.78 is 10.7. The van der Waals surface area contributed by atoms with Crippen molar-refractivity contribution < 1.29 is 24.0 Å². The van der Waals surface area contributed by atoms with Crippen LogP contribution in [0, 0.1) is 16.0 Å². The molecule has 0 N–H and O–H groups in total. The number of hydrogen-bond donors (Lipinski definition) is 0. The SMILES string of the molecule is C[C@@H]1CC(c2ccncc2[N+](=O)[O-])=C[C@@H]2[C@H]1OC(=O)N2C(=O)OC(C)(C)C. The normalized spacial score (nSPS) is 24.7. The molecule has 1 saturated heterocycles. The molecule has 27 heavy (non-hydrogen) atoms. The van der Waals surface area contributed by atoms with Crippen molar-refractivity contribution in [2.75, 3.05) is 0 Å². The highest BCUT2D eigenvalue weighted by atomic mass is 16.6. The highest BCUT2D eigenvalue weighted by molar-refractivity contribution is 5.91. The smallest absolute Gasteiger partial charge is 0.420 e. The van der Waals surface area contributed by atoms with Crippen LogP contribution in [0.1, 0.15) is 39.7 Å². The molecular formula is C18H21N3O6. The molecule has 0 bridgehead atoms. The molecule has 0 aromatic carbocycles. The number of carbonyl (C=O) groups is 2. The number of nitrogens with zero attached hydrogens (tertiary/aromatic N) is 3. The van der Waals surface area contributed by atoms with E-state index in [-0.39, 0.29) is 11.6 Å². The molecule has 2 heterocycles. The van der Waals surface area contributed by atoms with Crippen molar-refractivity contribution in [3.05, 3.63) is 40.2 Å². The number of aromatic nitrogens is 1. The van der Waals surface area contributed by atoms with E-state index in [1.807, 2.05) is 6.92 Å². The predicted molar refractivity (Wildman–Crippen MR) is 94.8 cm³/mol. The number of imide groups is 1. The third-order valence-corrected chi connectivity index (χ3v) is 4.48. The maximum atomic E-state index is 12.5. The lowest BCUT2D eigenvalue weighted by Crippen LogP contribution is -2.45. The zero-order valence-electron chi connectivity index (χ0n) is 15.5. The average molecular weight is 375 g/mol. The van der Waals surface area contributed by atoms with Gasteiger partial charge in [0.05, 0.1) is 10.5 Å². The van der Waals surface area contributed by atoms with Crippen molar-refractivity contribution in [3.63, 3.8) is 0 Å². The van der Waals surface area contributed by atoms with Crippen LogP contribution in [-0.4, -0.2) is 44.7 Å². The van der Waals surface area contributed by atoms with Gasteiger partial charge in [0.2, 0.25) is 0 Å². The Kier molecular flexibility index (Phi) is 4.63. The Balaban J connectivity index is 2.00. The van der Waals surface area contributed by atoms with Crippen LogP contribution < -0.4 is 0 Å². The fourth-order valence-corrected chi connectivity index (χ4v) is 3.38. The standard InChI is InChI=1S/C18H21N3O6/c1-10-7-11(12-5-6-19-9-14(12)21(24)25)8-13-15(10)26-16(22)20(13)17(23)27-18(2,3)4/h5-6,8-10,13,15H,7H2,1-4H3/t10-,13-,15+/m1/s1. The minimum Gasteiger partial charge on any atom is -0.443 e. The Labute approximate surface area is 156 Å². The van der Waals surface area contributed by atoms with Crippen LogP contribution in [0.4, 0.5) is 15.3 Å². The highest BCUT2D eigenvalue weighted by Crippen LogP contribution is 2.40. The van der Waals surface area contributed by atoms with Gasteiger partial charge < -0.3 is 9.47 Å². The second-order valence-electron chi connectivity index (χ2n) is 7.71. The van der Waals surface area contributed by atoms with E-state index in [0.29, 0.717) is 17.6 Å². The van der Waals surface area contributed by atoms with Gasteiger partial charge in [0, 0.05) is 6.20 Å². The van der Waals surface area contributed by atoms with Gasteiger partial charge in [0.25, 0.3) is 5.69 Å². The van der Waals surface area contributed by atoms with Crippen LogP contribution in [0.15, 0.2) is 24.5 Å². The Hall–Kier alpha value is -2.97. The lowest BCUT2D eigenvalue weighted by Gasteiger charge is -2.31. The van der Waals surface area contributed by atoms with Crippen molar-refractivity contribution in [1.29, 1.82) is 0 Å². The van der Waals surface area contributed by atoms with Crippen LogP contribution >= 0.6 is 0 Å². The second kappa shape index (κ2) is 6.64. The van der Waals surface area contributed by atoms with Crippen LogP contribution in [-0.2, 0) is 9.47 Å². The zero-order valence-corrected chi connectivity index (χ0v) is 15.5. The summed E-state index contributed by atoms with van der Waals surface area (Å²) >= 11 is 0. The molecule has 3 atom stereocenters. The van der Waals surface area contributed by atoms with Gasteiger partial charge in [0.1, 0.15) is 23.9 Å². The van der Waals surface area contributed by atoms with Gasteiger partial charge in [-0.3, -0.25) is 15.1 Å².